The Balaban J connectivity index is 2.06. The predicted molar refractivity (Wildman–Crippen MR) is 106 cm³/mol. The number of amides is 1. The van der Waals surface area contributed by atoms with Gasteiger partial charge in [-0.3, -0.25) is 4.79 Å². The Kier molecular flexibility index (Phi) is 7.59. The number of nitrogens with one attached hydrogen (secondary N) is 2. The number of nitriles is 1. The molecule has 2 aromatic rings. The average Bonchev–Trinajstić information content (AvgIpc) is 2.67. The third kappa shape index (κ3) is 5.97. The van der Waals surface area contributed by atoms with Gasteiger partial charge in [-0.1, -0.05) is 40.2 Å². The first-order chi connectivity index (χ1) is 13.0. The highest BCUT2D eigenvalue weighted by atomic mass is 79.9. The summed E-state index contributed by atoms with van der Waals surface area (Å²) in [4.78, 5) is 24.3. The van der Waals surface area contributed by atoms with E-state index in [-0.39, 0.29) is 23.4 Å². The Hall–Kier alpha value is -3.11. The lowest BCUT2D eigenvalue weighted by atomic mass is 10.1. The van der Waals surface area contributed by atoms with Gasteiger partial charge in [0.15, 0.2) is 0 Å². The van der Waals surface area contributed by atoms with Gasteiger partial charge in [0.25, 0.3) is 5.91 Å². The zero-order valence-electron chi connectivity index (χ0n) is 14.7. The highest BCUT2D eigenvalue weighted by Crippen LogP contribution is 2.17. The van der Waals surface area contributed by atoms with Crippen molar-refractivity contribution in [2.75, 3.05) is 11.9 Å². The molecule has 2 rings (SSSR count). The summed E-state index contributed by atoms with van der Waals surface area (Å²) in [7, 11) is 0. The van der Waals surface area contributed by atoms with Gasteiger partial charge in [0.2, 0.25) is 0 Å². The van der Waals surface area contributed by atoms with E-state index in [9.17, 15) is 14.9 Å². The second kappa shape index (κ2) is 10.1. The molecular weight excluding hydrogens is 410 g/mol. The Morgan fingerprint density at radius 1 is 1.19 bits per heavy atom. The number of anilines is 1. The summed E-state index contributed by atoms with van der Waals surface area (Å²) >= 11 is 3.36. The normalized spacial score (nSPS) is 10.6. The van der Waals surface area contributed by atoms with Crippen LogP contribution >= 0.6 is 15.9 Å². The van der Waals surface area contributed by atoms with E-state index in [0.717, 1.165) is 10.0 Å². The van der Waals surface area contributed by atoms with E-state index >= 15 is 0 Å². The van der Waals surface area contributed by atoms with Gasteiger partial charge in [0, 0.05) is 17.2 Å². The molecule has 0 spiro atoms. The Morgan fingerprint density at radius 3 is 2.56 bits per heavy atom. The fraction of sp³-hybridized carbons (Fsp3) is 0.150. The van der Waals surface area contributed by atoms with E-state index in [1.807, 2.05) is 30.3 Å². The van der Waals surface area contributed by atoms with E-state index in [0.29, 0.717) is 6.54 Å². The number of carbonyl (C=O) groups excluding carboxylic acids is 2. The first-order valence-electron chi connectivity index (χ1n) is 8.20. The minimum Gasteiger partial charge on any atom is -0.462 e. The molecule has 0 bridgehead atoms. The maximum absolute atomic E-state index is 12.4. The molecule has 0 unspecified atom stereocenters. The number of carbonyl (C=O) groups is 2. The topological polar surface area (TPSA) is 91.2 Å². The molecule has 0 heterocycles. The number of hydrogen-bond acceptors (Lipinski definition) is 5. The molecule has 7 heteroatoms. The number of para-hydroxylation sites is 1. The van der Waals surface area contributed by atoms with Crippen LogP contribution in [-0.2, 0) is 16.1 Å². The fourth-order valence-electron chi connectivity index (χ4n) is 2.19. The number of benzene rings is 2. The highest BCUT2D eigenvalue weighted by molar-refractivity contribution is 9.10. The first kappa shape index (κ1) is 20.2. The van der Waals surface area contributed by atoms with Crippen LogP contribution in [0, 0.1) is 11.3 Å². The number of ether oxygens (including phenoxy) is 1. The van der Waals surface area contributed by atoms with E-state index < -0.39 is 11.9 Å². The molecule has 6 nitrogen and oxygen atoms in total. The summed E-state index contributed by atoms with van der Waals surface area (Å²) in [5, 5.41) is 14.8. The molecule has 138 valence electrons. The van der Waals surface area contributed by atoms with Crippen LogP contribution in [0.1, 0.15) is 22.8 Å². The summed E-state index contributed by atoms with van der Waals surface area (Å²) in [6.07, 6.45) is 1.35. The van der Waals surface area contributed by atoms with Crippen LogP contribution in [0.25, 0.3) is 0 Å². The smallest absolute Gasteiger partial charge is 0.340 e. The number of nitrogens with zero attached hydrogens (tertiary/aromatic N) is 1. The standard InChI is InChI=1S/C20H18BrN3O3/c1-2-27-20(26)17-5-3-4-6-18(17)24-19(25)15(11-22)13-23-12-14-7-9-16(21)10-8-14/h3-10,13,23H,2,12H2,1H3,(H,24,25)/b15-13-. The number of rotatable bonds is 7. The summed E-state index contributed by atoms with van der Waals surface area (Å²) in [5.74, 6) is -1.15. The maximum Gasteiger partial charge on any atom is 0.340 e. The van der Waals surface area contributed by atoms with Gasteiger partial charge in [0.05, 0.1) is 17.9 Å². The summed E-state index contributed by atoms with van der Waals surface area (Å²) in [5.41, 5.74) is 1.41. The van der Waals surface area contributed by atoms with Crippen molar-refractivity contribution in [3.8, 4) is 6.07 Å². The van der Waals surface area contributed by atoms with Gasteiger partial charge in [-0.25, -0.2) is 4.79 Å². The van der Waals surface area contributed by atoms with Gasteiger partial charge in [-0.15, -0.1) is 0 Å². The molecule has 0 atom stereocenters. The number of hydrogen-bond donors (Lipinski definition) is 2. The van der Waals surface area contributed by atoms with Crippen molar-refractivity contribution in [1.82, 2.24) is 5.32 Å². The van der Waals surface area contributed by atoms with Crippen molar-refractivity contribution >= 4 is 33.5 Å². The van der Waals surface area contributed by atoms with Crippen molar-refractivity contribution in [2.24, 2.45) is 0 Å². The quantitative estimate of drug-likeness (QED) is 0.398. The second-order valence-electron chi connectivity index (χ2n) is 5.40. The third-order valence-electron chi connectivity index (χ3n) is 3.50. The predicted octanol–water partition coefficient (Wildman–Crippen LogP) is 3.76. The molecule has 0 aliphatic heterocycles. The summed E-state index contributed by atoms with van der Waals surface area (Å²) in [6.45, 7) is 2.39. The molecule has 0 aromatic heterocycles. The molecule has 2 aromatic carbocycles. The molecule has 27 heavy (non-hydrogen) atoms. The highest BCUT2D eigenvalue weighted by Gasteiger charge is 2.16. The molecule has 0 radical (unpaired) electrons. The molecule has 0 aliphatic carbocycles. The molecular formula is C20H18BrN3O3. The monoisotopic (exact) mass is 427 g/mol. The third-order valence-corrected chi connectivity index (χ3v) is 4.03. The lowest BCUT2D eigenvalue weighted by Crippen LogP contribution is -2.19. The van der Waals surface area contributed by atoms with Crippen molar-refractivity contribution in [1.29, 1.82) is 5.26 Å². The lowest BCUT2D eigenvalue weighted by molar-refractivity contribution is -0.112. The largest absolute Gasteiger partial charge is 0.462 e. The van der Waals surface area contributed by atoms with E-state index in [1.54, 1.807) is 31.2 Å². The SMILES string of the molecule is CCOC(=O)c1ccccc1NC(=O)/C(C#N)=C\NCc1ccc(Br)cc1. The Labute approximate surface area is 166 Å². The second-order valence-corrected chi connectivity index (χ2v) is 6.31. The van der Waals surface area contributed by atoms with Crippen molar-refractivity contribution in [3.63, 3.8) is 0 Å². The van der Waals surface area contributed by atoms with E-state index in [2.05, 4.69) is 26.6 Å². The zero-order chi connectivity index (χ0) is 19.6. The Bertz CT molecular complexity index is 886. The van der Waals surface area contributed by atoms with Gasteiger partial charge < -0.3 is 15.4 Å². The van der Waals surface area contributed by atoms with Crippen LogP contribution in [0.3, 0.4) is 0 Å². The first-order valence-corrected chi connectivity index (χ1v) is 9.00. The summed E-state index contributed by atoms with van der Waals surface area (Å²) < 4.78 is 5.95. The lowest BCUT2D eigenvalue weighted by Gasteiger charge is -2.10. The van der Waals surface area contributed by atoms with Gasteiger partial charge in [-0.05, 0) is 36.8 Å². The van der Waals surface area contributed by atoms with Crippen LogP contribution in [-0.4, -0.2) is 18.5 Å². The van der Waals surface area contributed by atoms with Crippen LogP contribution in [0.5, 0.6) is 0 Å². The van der Waals surface area contributed by atoms with E-state index in [1.165, 1.54) is 6.20 Å². The minimum atomic E-state index is -0.613. The van der Waals surface area contributed by atoms with Crippen molar-refractivity contribution in [3.05, 3.63) is 75.9 Å². The molecule has 1 amide bonds. The zero-order valence-corrected chi connectivity index (χ0v) is 16.2. The molecule has 2 N–H and O–H groups in total. The molecule has 0 saturated heterocycles. The van der Waals surface area contributed by atoms with Crippen LogP contribution in [0.4, 0.5) is 5.69 Å². The fourth-order valence-corrected chi connectivity index (χ4v) is 2.45. The number of halogens is 1. The minimum absolute atomic E-state index is 0.106. The molecule has 0 aliphatic rings. The maximum atomic E-state index is 12.4. The van der Waals surface area contributed by atoms with Crippen molar-refractivity contribution < 1.29 is 14.3 Å². The van der Waals surface area contributed by atoms with Crippen LogP contribution in [0.2, 0.25) is 0 Å². The van der Waals surface area contributed by atoms with Crippen molar-refractivity contribution in [2.45, 2.75) is 13.5 Å². The average molecular weight is 428 g/mol. The van der Waals surface area contributed by atoms with Gasteiger partial charge in [0.1, 0.15) is 11.6 Å². The summed E-state index contributed by atoms with van der Waals surface area (Å²) in [6, 6.07) is 16.0. The van der Waals surface area contributed by atoms with Crippen LogP contribution < -0.4 is 10.6 Å². The van der Waals surface area contributed by atoms with E-state index in [4.69, 9.17) is 4.74 Å². The van der Waals surface area contributed by atoms with Crippen LogP contribution in [0.15, 0.2) is 64.8 Å². The Morgan fingerprint density at radius 2 is 1.89 bits per heavy atom. The van der Waals surface area contributed by atoms with Gasteiger partial charge >= 0.3 is 5.97 Å². The van der Waals surface area contributed by atoms with Gasteiger partial charge in [-0.2, -0.15) is 5.26 Å². The molecule has 0 saturated carbocycles. The number of esters is 1. The molecule has 0 fully saturated rings.